The fraction of sp³-hybridized carbons (Fsp3) is 0.0769. The summed E-state index contributed by atoms with van der Waals surface area (Å²) in [7, 11) is 0. The van der Waals surface area contributed by atoms with E-state index in [-0.39, 0.29) is 0 Å². The van der Waals surface area contributed by atoms with Crippen LogP contribution in [-0.4, -0.2) is 9.97 Å². The van der Waals surface area contributed by atoms with Crippen molar-refractivity contribution in [3.05, 3.63) is 41.0 Å². The fourth-order valence-corrected chi connectivity index (χ4v) is 2.92. The zero-order valence-corrected chi connectivity index (χ0v) is 11.7. The lowest BCUT2D eigenvalue weighted by Crippen LogP contribution is -1.97. The quantitative estimate of drug-likeness (QED) is 0.749. The lowest BCUT2D eigenvalue weighted by Gasteiger charge is -2.05. The molecule has 3 aromatic rings. The third kappa shape index (κ3) is 2.47. The molecule has 0 spiro atoms. The van der Waals surface area contributed by atoms with Crippen molar-refractivity contribution in [2.45, 2.75) is 6.92 Å². The Labute approximate surface area is 119 Å². The van der Waals surface area contributed by atoms with Crippen LogP contribution in [0.5, 0.6) is 0 Å². The summed E-state index contributed by atoms with van der Waals surface area (Å²) in [5.41, 5.74) is 8.24. The van der Waals surface area contributed by atoms with Gasteiger partial charge in [0.15, 0.2) is 5.13 Å². The fourth-order valence-electron chi connectivity index (χ4n) is 1.78. The number of hydrogen-bond donors (Lipinski definition) is 2. The molecule has 0 aliphatic rings. The summed E-state index contributed by atoms with van der Waals surface area (Å²) in [6, 6.07) is 7.52. The molecule has 0 aliphatic carbocycles. The first-order chi connectivity index (χ1) is 9.11. The van der Waals surface area contributed by atoms with E-state index in [0.29, 0.717) is 10.7 Å². The molecule has 2 aromatic heterocycles. The first-order valence-corrected chi connectivity index (χ1v) is 6.86. The summed E-state index contributed by atoms with van der Waals surface area (Å²) < 4.78 is 1.04. The molecule has 0 aliphatic heterocycles. The highest BCUT2D eigenvalue weighted by molar-refractivity contribution is 7.22. The van der Waals surface area contributed by atoms with Gasteiger partial charge < -0.3 is 11.1 Å². The van der Waals surface area contributed by atoms with Crippen LogP contribution in [0.15, 0.2) is 30.5 Å². The first kappa shape index (κ1) is 12.2. The number of pyridine rings is 1. The number of benzene rings is 1. The molecule has 96 valence electrons. The number of anilines is 3. The molecule has 4 nitrogen and oxygen atoms in total. The Bertz CT molecular complexity index is 753. The molecule has 6 heteroatoms. The van der Waals surface area contributed by atoms with Crippen LogP contribution < -0.4 is 11.1 Å². The summed E-state index contributed by atoms with van der Waals surface area (Å²) in [6.45, 7) is 1.95. The Kier molecular flexibility index (Phi) is 3.00. The van der Waals surface area contributed by atoms with Crippen molar-refractivity contribution in [2.75, 3.05) is 11.1 Å². The van der Waals surface area contributed by atoms with Crippen molar-refractivity contribution >= 4 is 49.8 Å². The van der Waals surface area contributed by atoms with Crippen molar-refractivity contribution in [1.82, 2.24) is 9.97 Å². The Morgan fingerprint density at radius 3 is 2.95 bits per heavy atom. The summed E-state index contributed by atoms with van der Waals surface area (Å²) in [4.78, 5) is 8.76. The van der Waals surface area contributed by atoms with Gasteiger partial charge in [-0.25, -0.2) is 9.97 Å². The van der Waals surface area contributed by atoms with Gasteiger partial charge in [0.05, 0.1) is 22.1 Å². The summed E-state index contributed by atoms with van der Waals surface area (Å²) in [5.74, 6) is 0.763. The lowest BCUT2D eigenvalue weighted by atomic mass is 10.3. The highest BCUT2D eigenvalue weighted by Crippen LogP contribution is 2.30. The zero-order valence-electron chi connectivity index (χ0n) is 10.1. The van der Waals surface area contributed by atoms with Gasteiger partial charge in [-0.3, -0.25) is 0 Å². The summed E-state index contributed by atoms with van der Waals surface area (Å²) in [6.07, 6.45) is 1.62. The van der Waals surface area contributed by atoms with E-state index in [4.69, 9.17) is 17.3 Å². The molecular weight excluding hydrogens is 280 g/mol. The van der Waals surface area contributed by atoms with Crippen LogP contribution in [0.3, 0.4) is 0 Å². The van der Waals surface area contributed by atoms with Gasteiger partial charge in [0.1, 0.15) is 5.82 Å². The van der Waals surface area contributed by atoms with Crippen LogP contribution in [0.25, 0.3) is 10.2 Å². The SMILES string of the molecule is Cc1cc(N)cnc1Nc1nc2ccc(Cl)cc2s1. The normalized spacial score (nSPS) is 10.8. The summed E-state index contributed by atoms with van der Waals surface area (Å²) >= 11 is 7.50. The van der Waals surface area contributed by atoms with Gasteiger partial charge in [-0.05, 0) is 36.8 Å². The van der Waals surface area contributed by atoms with Crippen molar-refractivity contribution < 1.29 is 0 Å². The van der Waals surface area contributed by atoms with Crippen molar-refractivity contribution in [3.8, 4) is 0 Å². The van der Waals surface area contributed by atoms with Crippen LogP contribution in [0.4, 0.5) is 16.6 Å². The molecule has 3 N–H and O–H groups in total. The number of aromatic nitrogens is 2. The van der Waals surface area contributed by atoms with Crippen molar-refractivity contribution in [3.63, 3.8) is 0 Å². The molecule has 0 unspecified atom stereocenters. The third-order valence-electron chi connectivity index (χ3n) is 2.68. The molecular formula is C13H11ClN4S. The number of rotatable bonds is 2. The second-order valence-electron chi connectivity index (χ2n) is 4.19. The summed E-state index contributed by atoms with van der Waals surface area (Å²) in [5, 5.41) is 4.71. The second kappa shape index (κ2) is 4.68. The minimum Gasteiger partial charge on any atom is -0.397 e. The number of halogens is 1. The van der Waals surface area contributed by atoms with Crippen LogP contribution in [0.1, 0.15) is 5.56 Å². The van der Waals surface area contributed by atoms with Crippen LogP contribution >= 0.6 is 22.9 Å². The number of aryl methyl sites for hydroxylation is 1. The third-order valence-corrected chi connectivity index (χ3v) is 3.84. The molecule has 1 aromatic carbocycles. The van der Waals surface area contributed by atoms with Gasteiger partial charge in [-0.15, -0.1) is 0 Å². The number of nitrogen functional groups attached to an aromatic ring is 1. The Hall–Kier alpha value is -1.85. The van der Waals surface area contributed by atoms with E-state index in [2.05, 4.69) is 15.3 Å². The van der Waals surface area contributed by atoms with Gasteiger partial charge in [0.25, 0.3) is 0 Å². The standard InChI is InChI=1S/C13H11ClN4S/c1-7-4-9(15)6-16-12(7)18-13-17-10-3-2-8(14)5-11(10)19-13/h2-6H,15H2,1H3,(H,16,17,18). The maximum Gasteiger partial charge on any atom is 0.189 e. The predicted molar refractivity (Wildman–Crippen MR) is 81.3 cm³/mol. The predicted octanol–water partition coefficient (Wildman–Crippen LogP) is 3.98. The minimum absolute atomic E-state index is 0.652. The average Bonchev–Trinajstić information content (AvgIpc) is 2.74. The van der Waals surface area contributed by atoms with Gasteiger partial charge in [-0.2, -0.15) is 0 Å². The molecule has 2 heterocycles. The molecule has 0 fully saturated rings. The zero-order chi connectivity index (χ0) is 13.4. The first-order valence-electron chi connectivity index (χ1n) is 5.67. The second-order valence-corrected chi connectivity index (χ2v) is 5.66. The average molecular weight is 291 g/mol. The molecule has 19 heavy (non-hydrogen) atoms. The van der Waals surface area contributed by atoms with E-state index < -0.39 is 0 Å². The number of nitrogens with zero attached hydrogens (tertiary/aromatic N) is 2. The molecule has 0 radical (unpaired) electrons. The van der Waals surface area contributed by atoms with Crippen LogP contribution in [0, 0.1) is 6.92 Å². The van der Waals surface area contributed by atoms with E-state index in [9.17, 15) is 0 Å². The van der Waals surface area contributed by atoms with E-state index in [1.807, 2.05) is 31.2 Å². The number of hydrogen-bond acceptors (Lipinski definition) is 5. The van der Waals surface area contributed by atoms with E-state index in [0.717, 1.165) is 26.7 Å². The van der Waals surface area contributed by atoms with Crippen LogP contribution in [-0.2, 0) is 0 Å². The van der Waals surface area contributed by atoms with Crippen LogP contribution in [0.2, 0.25) is 5.02 Å². The highest BCUT2D eigenvalue weighted by Gasteiger charge is 2.07. The van der Waals surface area contributed by atoms with Crippen molar-refractivity contribution in [2.24, 2.45) is 0 Å². The van der Waals surface area contributed by atoms with Gasteiger partial charge >= 0.3 is 0 Å². The molecule has 0 bridgehead atoms. The molecule has 0 amide bonds. The number of nitrogens with two attached hydrogens (primary N) is 1. The van der Waals surface area contributed by atoms with Gasteiger partial charge in [-0.1, -0.05) is 22.9 Å². The van der Waals surface area contributed by atoms with E-state index >= 15 is 0 Å². The molecule has 0 saturated carbocycles. The Morgan fingerprint density at radius 2 is 2.16 bits per heavy atom. The molecule has 0 atom stereocenters. The highest BCUT2D eigenvalue weighted by atomic mass is 35.5. The number of thiazole rings is 1. The minimum atomic E-state index is 0.652. The van der Waals surface area contributed by atoms with E-state index in [1.165, 1.54) is 0 Å². The Balaban J connectivity index is 1.96. The molecule has 0 saturated heterocycles. The van der Waals surface area contributed by atoms with Gasteiger partial charge in [0, 0.05) is 5.02 Å². The largest absolute Gasteiger partial charge is 0.397 e. The number of fused-ring (bicyclic) bond motifs is 1. The topological polar surface area (TPSA) is 63.8 Å². The molecule has 3 rings (SSSR count). The Morgan fingerprint density at radius 1 is 1.32 bits per heavy atom. The van der Waals surface area contributed by atoms with Crippen molar-refractivity contribution in [1.29, 1.82) is 0 Å². The maximum absolute atomic E-state index is 5.96. The monoisotopic (exact) mass is 290 g/mol. The number of nitrogens with one attached hydrogen (secondary N) is 1. The smallest absolute Gasteiger partial charge is 0.189 e. The maximum atomic E-state index is 5.96. The van der Waals surface area contributed by atoms with Gasteiger partial charge in [0.2, 0.25) is 0 Å². The van der Waals surface area contributed by atoms with E-state index in [1.54, 1.807) is 17.5 Å². The lowest BCUT2D eigenvalue weighted by molar-refractivity contribution is 1.25.